The summed E-state index contributed by atoms with van der Waals surface area (Å²) < 4.78 is 36.9. The number of rotatable bonds is 9. The first kappa shape index (κ1) is 20.5. The summed E-state index contributed by atoms with van der Waals surface area (Å²) in [5.74, 6) is 0.0424. The Hall–Kier alpha value is -2.85. The van der Waals surface area contributed by atoms with Crippen molar-refractivity contribution in [3.63, 3.8) is 0 Å². The van der Waals surface area contributed by atoms with Crippen molar-refractivity contribution >= 4 is 21.8 Å². The van der Waals surface area contributed by atoms with Crippen LogP contribution >= 0.6 is 0 Å². The Morgan fingerprint density at radius 2 is 1.85 bits per heavy atom. The second-order valence-corrected chi connectivity index (χ2v) is 7.31. The molecule has 0 saturated carbocycles. The lowest BCUT2D eigenvalue weighted by Gasteiger charge is -2.14. The standard InChI is InChI=1S/C17H21N3O6S/c1-12(20-27(23,24)15-7-5-13(25-2)6-8-15)17(22)19-11-16(21)18-10-14-4-3-9-26-14/h3-9,12,20H,10-11H2,1-2H3,(H,18,21)(H,19,22)/t12-/m0/s1. The van der Waals surface area contributed by atoms with E-state index in [1.165, 1.54) is 44.6 Å². The van der Waals surface area contributed by atoms with E-state index < -0.39 is 27.9 Å². The number of sulfonamides is 1. The molecule has 9 nitrogen and oxygen atoms in total. The monoisotopic (exact) mass is 395 g/mol. The molecule has 10 heteroatoms. The fourth-order valence-corrected chi connectivity index (χ4v) is 3.29. The van der Waals surface area contributed by atoms with Crippen molar-refractivity contribution in [3.8, 4) is 5.75 Å². The molecule has 0 radical (unpaired) electrons. The third-order valence-corrected chi connectivity index (χ3v) is 5.11. The molecular formula is C17H21N3O6S. The number of carbonyl (C=O) groups is 2. The van der Waals surface area contributed by atoms with Crippen LogP contribution in [0.25, 0.3) is 0 Å². The number of hydrogen-bond donors (Lipinski definition) is 3. The molecular weight excluding hydrogens is 374 g/mol. The highest BCUT2D eigenvalue weighted by molar-refractivity contribution is 7.89. The van der Waals surface area contributed by atoms with Gasteiger partial charge in [-0.15, -0.1) is 0 Å². The molecule has 27 heavy (non-hydrogen) atoms. The molecule has 0 spiro atoms. The zero-order valence-electron chi connectivity index (χ0n) is 14.9. The van der Waals surface area contributed by atoms with Crippen molar-refractivity contribution in [2.75, 3.05) is 13.7 Å². The Bertz CT molecular complexity index is 863. The van der Waals surface area contributed by atoms with Gasteiger partial charge < -0.3 is 19.8 Å². The van der Waals surface area contributed by atoms with E-state index in [4.69, 9.17) is 9.15 Å². The van der Waals surface area contributed by atoms with E-state index >= 15 is 0 Å². The van der Waals surface area contributed by atoms with Gasteiger partial charge in [0.2, 0.25) is 21.8 Å². The number of carbonyl (C=O) groups excluding carboxylic acids is 2. The van der Waals surface area contributed by atoms with Crippen LogP contribution in [0.15, 0.2) is 52.0 Å². The van der Waals surface area contributed by atoms with Crippen LogP contribution in [0.5, 0.6) is 5.75 Å². The average Bonchev–Trinajstić information content (AvgIpc) is 3.17. The number of amides is 2. The maximum atomic E-state index is 12.3. The van der Waals surface area contributed by atoms with Crippen molar-refractivity contribution in [3.05, 3.63) is 48.4 Å². The first-order valence-corrected chi connectivity index (χ1v) is 9.53. The third-order valence-electron chi connectivity index (χ3n) is 3.56. The number of methoxy groups -OCH3 is 1. The van der Waals surface area contributed by atoms with Crippen LogP contribution in [0.3, 0.4) is 0 Å². The minimum Gasteiger partial charge on any atom is -0.497 e. The molecule has 0 unspecified atom stereocenters. The first-order valence-electron chi connectivity index (χ1n) is 8.05. The van der Waals surface area contributed by atoms with Gasteiger partial charge in [0.25, 0.3) is 0 Å². The van der Waals surface area contributed by atoms with Gasteiger partial charge >= 0.3 is 0 Å². The summed E-state index contributed by atoms with van der Waals surface area (Å²) in [5.41, 5.74) is 0. The van der Waals surface area contributed by atoms with Crippen LogP contribution in [0.2, 0.25) is 0 Å². The van der Waals surface area contributed by atoms with E-state index in [0.29, 0.717) is 11.5 Å². The smallest absolute Gasteiger partial charge is 0.241 e. The molecule has 3 N–H and O–H groups in total. The van der Waals surface area contributed by atoms with Gasteiger partial charge in [-0.05, 0) is 43.3 Å². The van der Waals surface area contributed by atoms with Crippen molar-refractivity contribution in [1.29, 1.82) is 0 Å². The molecule has 0 saturated heterocycles. The molecule has 2 amide bonds. The Kier molecular flexibility index (Phi) is 6.97. The number of ether oxygens (including phenoxy) is 1. The molecule has 146 valence electrons. The van der Waals surface area contributed by atoms with Crippen LogP contribution in [-0.4, -0.2) is 39.9 Å². The molecule has 0 fully saturated rings. The largest absolute Gasteiger partial charge is 0.497 e. The number of benzene rings is 1. The van der Waals surface area contributed by atoms with Gasteiger partial charge in [-0.1, -0.05) is 0 Å². The Balaban J connectivity index is 1.82. The minimum atomic E-state index is -3.89. The third kappa shape index (κ3) is 6.12. The maximum absolute atomic E-state index is 12.3. The zero-order chi connectivity index (χ0) is 19.9. The van der Waals surface area contributed by atoms with Crippen LogP contribution in [0.4, 0.5) is 0 Å². The Morgan fingerprint density at radius 3 is 2.44 bits per heavy atom. The van der Waals surface area contributed by atoms with Gasteiger partial charge in [-0.3, -0.25) is 9.59 Å². The summed E-state index contributed by atoms with van der Waals surface area (Å²) in [5, 5.41) is 4.94. The maximum Gasteiger partial charge on any atom is 0.241 e. The van der Waals surface area contributed by atoms with Gasteiger partial charge in [0.15, 0.2) is 0 Å². The summed E-state index contributed by atoms with van der Waals surface area (Å²) in [7, 11) is -2.42. The average molecular weight is 395 g/mol. The second-order valence-electron chi connectivity index (χ2n) is 5.59. The van der Waals surface area contributed by atoms with Gasteiger partial charge in [0.05, 0.1) is 37.4 Å². The Morgan fingerprint density at radius 1 is 1.15 bits per heavy atom. The van der Waals surface area contributed by atoms with E-state index in [2.05, 4.69) is 15.4 Å². The predicted octanol–water partition coefficient (Wildman–Crippen LogP) is 0.388. The summed E-state index contributed by atoms with van der Waals surface area (Å²) >= 11 is 0. The molecule has 0 aliphatic heterocycles. The van der Waals surface area contributed by atoms with Crippen molar-refractivity contribution in [2.24, 2.45) is 0 Å². The number of nitrogens with one attached hydrogen (secondary N) is 3. The van der Waals surface area contributed by atoms with E-state index in [0.717, 1.165) is 0 Å². The summed E-state index contributed by atoms with van der Waals surface area (Å²) in [6.45, 7) is 1.30. The van der Waals surface area contributed by atoms with E-state index in [1.807, 2.05) is 0 Å². The predicted molar refractivity (Wildman–Crippen MR) is 96.3 cm³/mol. The highest BCUT2D eigenvalue weighted by Crippen LogP contribution is 2.15. The van der Waals surface area contributed by atoms with Crippen LogP contribution in [-0.2, 0) is 26.2 Å². The van der Waals surface area contributed by atoms with Gasteiger partial charge in [-0.2, -0.15) is 4.72 Å². The van der Waals surface area contributed by atoms with Crippen molar-refractivity contribution in [1.82, 2.24) is 15.4 Å². The molecule has 1 heterocycles. The molecule has 0 bridgehead atoms. The SMILES string of the molecule is COc1ccc(S(=O)(=O)N[C@@H](C)C(=O)NCC(=O)NCc2ccco2)cc1. The molecule has 0 aliphatic carbocycles. The van der Waals surface area contributed by atoms with Crippen LogP contribution in [0.1, 0.15) is 12.7 Å². The van der Waals surface area contributed by atoms with E-state index in [9.17, 15) is 18.0 Å². The molecule has 1 aromatic heterocycles. The lowest BCUT2D eigenvalue weighted by Crippen LogP contribution is -2.47. The van der Waals surface area contributed by atoms with Gasteiger partial charge in [0, 0.05) is 0 Å². The first-order chi connectivity index (χ1) is 12.8. The normalized spacial score (nSPS) is 12.2. The van der Waals surface area contributed by atoms with E-state index in [1.54, 1.807) is 12.1 Å². The van der Waals surface area contributed by atoms with Crippen LogP contribution in [0, 0.1) is 0 Å². The van der Waals surface area contributed by atoms with E-state index in [-0.39, 0.29) is 18.0 Å². The Labute approximate surface area is 157 Å². The van der Waals surface area contributed by atoms with Gasteiger partial charge in [-0.25, -0.2) is 8.42 Å². The van der Waals surface area contributed by atoms with Crippen LogP contribution < -0.4 is 20.1 Å². The minimum absolute atomic E-state index is 0.000795. The molecule has 0 aliphatic rings. The summed E-state index contributed by atoms with van der Waals surface area (Å²) in [4.78, 5) is 23.7. The number of furan rings is 1. The van der Waals surface area contributed by atoms with Crippen molar-refractivity contribution < 1.29 is 27.2 Å². The zero-order valence-corrected chi connectivity index (χ0v) is 15.7. The summed E-state index contributed by atoms with van der Waals surface area (Å²) in [6, 6.07) is 8.08. The highest BCUT2D eigenvalue weighted by Gasteiger charge is 2.22. The number of hydrogen-bond acceptors (Lipinski definition) is 6. The lowest BCUT2D eigenvalue weighted by molar-refractivity contribution is -0.126. The fraction of sp³-hybridized carbons (Fsp3) is 0.294. The van der Waals surface area contributed by atoms with Gasteiger partial charge in [0.1, 0.15) is 11.5 Å². The molecule has 1 aromatic carbocycles. The summed E-state index contributed by atoms with van der Waals surface area (Å²) in [6.07, 6.45) is 1.49. The second kappa shape index (κ2) is 9.19. The molecule has 2 aromatic rings. The van der Waals surface area contributed by atoms with Crippen molar-refractivity contribution in [2.45, 2.75) is 24.4 Å². The quantitative estimate of drug-likeness (QED) is 0.564. The molecule has 2 rings (SSSR count). The highest BCUT2D eigenvalue weighted by atomic mass is 32.2. The fourth-order valence-electron chi connectivity index (χ4n) is 2.09. The molecule has 1 atom stereocenters. The lowest BCUT2D eigenvalue weighted by atomic mass is 10.3. The topological polar surface area (TPSA) is 127 Å².